The first-order chi connectivity index (χ1) is 13.7. The summed E-state index contributed by atoms with van der Waals surface area (Å²) in [5.74, 6) is 1.42. The molecule has 1 aromatic heterocycles. The Hall–Kier alpha value is -2.74. The van der Waals surface area contributed by atoms with Crippen molar-refractivity contribution in [3.05, 3.63) is 72.1 Å². The first-order valence-corrected chi connectivity index (χ1v) is 9.84. The van der Waals surface area contributed by atoms with Gasteiger partial charge in [0.05, 0.1) is 23.8 Å². The van der Waals surface area contributed by atoms with Crippen LogP contribution in [0.2, 0.25) is 0 Å². The smallest absolute Gasteiger partial charge is 0.109 e. The molecule has 0 aliphatic carbocycles. The van der Waals surface area contributed by atoms with Gasteiger partial charge in [0.2, 0.25) is 0 Å². The Morgan fingerprint density at radius 1 is 1.03 bits per heavy atom. The number of nitrogens with zero attached hydrogens (tertiary/aromatic N) is 4. The number of hydrogen-bond acceptors (Lipinski definition) is 4. The van der Waals surface area contributed by atoms with Crippen molar-refractivity contribution in [3.8, 4) is 17.1 Å². The number of para-hydroxylation sites is 1. The minimum absolute atomic E-state index is 0. The van der Waals surface area contributed by atoms with Crippen LogP contribution in [0.4, 0.5) is 0 Å². The second kappa shape index (κ2) is 8.95. The van der Waals surface area contributed by atoms with Gasteiger partial charge in [0.1, 0.15) is 11.5 Å². The van der Waals surface area contributed by atoms with Crippen LogP contribution in [0.15, 0.2) is 55.0 Å². The van der Waals surface area contributed by atoms with E-state index < -0.39 is 0 Å². The summed E-state index contributed by atoms with van der Waals surface area (Å²) >= 11 is 0. The van der Waals surface area contributed by atoms with Crippen molar-refractivity contribution in [1.29, 1.82) is 0 Å². The van der Waals surface area contributed by atoms with E-state index in [0.717, 1.165) is 35.7 Å². The second-order valence-electron chi connectivity index (χ2n) is 7.73. The molecule has 0 radical (unpaired) electrons. The van der Waals surface area contributed by atoms with Gasteiger partial charge >= 0.3 is 0 Å². The maximum absolute atomic E-state index is 4.67. The van der Waals surface area contributed by atoms with E-state index in [4.69, 9.17) is 0 Å². The van der Waals surface area contributed by atoms with Crippen LogP contribution in [0.5, 0.6) is 0 Å². The Labute approximate surface area is 182 Å². The van der Waals surface area contributed by atoms with E-state index in [1.54, 1.807) is 0 Å². The van der Waals surface area contributed by atoms with Gasteiger partial charge in [0.15, 0.2) is 0 Å². The molecule has 5 rings (SSSR count). The van der Waals surface area contributed by atoms with E-state index >= 15 is 0 Å². The fourth-order valence-electron chi connectivity index (χ4n) is 4.38. The highest BCUT2D eigenvalue weighted by molar-refractivity contribution is 5.85. The molecule has 8 heteroatoms. The van der Waals surface area contributed by atoms with Gasteiger partial charge in [-0.2, -0.15) is 5.10 Å². The van der Waals surface area contributed by atoms with E-state index in [1.807, 2.05) is 47.5 Å². The zero-order valence-corrected chi connectivity index (χ0v) is 17.9. The van der Waals surface area contributed by atoms with Crippen molar-refractivity contribution < 1.29 is 5.48 Å². The van der Waals surface area contributed by atoms with Gasteiger partial charge in [-0.05, 0) is 44.9 Å². The molecule has 0 spiro atoms. The lowest BCUT2D eigenvalue weighted by Crippen LogP contribution is -2.38. The molecule has 3 aliphatic heterocycles. The van der Waals surface area contributed by atoms with Gasteiger partial charge in [0, 0.05) is 35.5 Å². The van der Waals surface area contributed by atoms with Gasteiger partial charge in [-0.15, -0.1) is 12.4 Å². The predicted molar refractivity (Wildman–Crippen MR) is 119 cm³/mol. The molecule has 158 valence electrons. The first-order valence-electron chi connectivity index (χ1n) is 9.84. The highest BCUT2D eigenvalue weighted by Crippen LogP contribution is 2.37. The van der Waals surface area contributed by atoms with E-state index in [2.05, 4.69) is 51.3 Å². The van der Waals surface area contributed by atoms with Crippen LogP contribution in [0.1, 0.15) is 48.8 Å². The molecule has 0 amide bonds. The normalized spacial score (nSPS) is 21.1. The Bertz CT molecular complexity index is 1060. The largest absolute Gasteiger partial charge is 0.412 e. The lowest BCUT2D eigenvalue weighted by molar-refractivity contribution is 0.299. The van der Waals surface area contributed by atoms with Crippen LogP contribution in [-0.2, 0) is 0 Å². The number of piperidine rings is 1. The molecule has 0 bridgehead atoms. The number of rotatable bonds is 3. The van der Waals surface area contributed by atoms with Crippen molar-refractivity contribution in [2.45, 2.75) is 44.7 Å². The Morgan fingerprint density at radius 2 is 1.83 bits per heavy atom. The van der Waals surface area contributed by atoms with Crippen LogP contribution in [0.25, 0.3) is 17.1 Å². The lowest BCUT2D eigenvalue weighted by Gasteiger charge is -2.34. The zero-order valence-electron chi connectivity index (χ0n) is 17.0. The summed E-state index contributed by atoms with van der Waals surface area (Å²) in [5.41, 5.74) is 5.51. The quantitative estimate of drug-likeness (QED) is 0.522. The molecule has 4 N–H and O–H groups in total. The highest BCUT2D eigenvalue weighted by atomic mass is 35.5. The predicted octanol–water partition coefficient (Wildman–Crippen LogP) is 3.60. The summed E-state index contributed by atoms with van der Waals surface area (Å²) < 4.78 is 2.03. The van der Waals surface area contributed by atoms with Crippen molar-refractivity contribution >= 4 is 12.4 Å². The average Bonchev–Trinajstić information content (AvgIpc) is 3.34. The molecular weight excluding hydrogens is 400 g/mol. The summed E-state index contributed by atoms with van der Waals surface area (Å²) in [4.78, 5) is 12.5. The fourth-order valence-corrected chi connectivity index (χ4v) is 4.38. The number of hydrogen-bond donors (Lipinski definition) is 2. The summed E-state index contributed by atoms with van der Waals surface area (Å²) in [6.45, 7) is 4.40. The Balaban J connectivity index is 0.00000128. The Morgan fingerprint density at radius 3 is 2.63 bits per heavy atom. The molecule has 0 saturated carbocycles. The minimum Gasteiger partial charge on any atom is -0.412 e. The number of halogens is 1. The number of fused-ring (bicyclic) bond motifs is 1. The second-order valence-corrected chi connectivity index (χ2v) is 7.73. The summed E-state index contributed by atoms with van der Waals surface area (Å²) in [7, 11) is 0. The van der Waals surface area contributed by atoms with Crippen molar-refractivity contribution in [2.75, 3.05) is 0 Å². The third-order valence-corrected chi connectivity index (χ3v) is 5.77. The molecule has 2 aromatic rings. The molecule has 3 atom stereocenters. The molecule has 30 heavy (non-hydrogen) atoms. The Kier molecular flexibility index (Phi) is 6.55. The maximum atomic E-state index is 4.67. The van der Waals surface area contributed by atoms with Crippen molar-refractivity contribution in [3.63, 3.8) is 0 Å². The van der Waals surface area contributed by atoms with Crippen molar-refractivity contribution in [1.82, 2.24) is 30.0 Å². The van der Waals surface area contributed by atoms with E-state index in [0.29, 0.717) is 12.0 Å². The summed E-state index contributed by atoms with van der Waals surface area (Å²) in [6.07, 6.45) is 7.76. The highest BCUT2D eigenvalue weighted by Gasteiger charge is 2.31. The molecule has 1 saturated heterocycles. The molecule has 4 heterocycles. The number of aromatic amines is 1. The van der Waals surface area contributed by atoms with E-state index in [1.165, 1.54) is 11.3 Å². The number of H-pyrrole nitrogens is 1. The van der Waals surface area contributed by atoms with Gasteiger partial charge < -0.3 is 15.8 Å². The van der Waals surface area contributed by atoms with Crippen molar-refractivity contribution in [2.24, 2.45) is 0 Å². The van der Waals surface area contributed by atoms with Crippen LogP contribution < -0.4 is 5.32 Å². The lowest BCUT2D eigenvalue weighted by atomic mass is 9.85. The molecule has 1 fully saturated rings. The monoisotopic (exact) mass is 426 g/mol. The van der Waals surface area contributed by atoms with Gasteiger partial charge in [-0.3, -0.25) is 4.98 Å². The maximum Gasteiger partial charge on any atom is 0.109 e. The molecule has 3 aliphatic rings. The number of benzene rings is 1. The average molecular weight is 427 g/mol. The van der Waals surface area contributed by atoms with Gasteiger partial charge in [0.25, 0.3) is 0 Å². The van der Waals surface area contributed by atoms with Crippen LogP contribution in [0, 0.1) is 6.92 Å². The molecule has 3 unspecified atom stereocenters. The summed E-state index contributed by atoms with van der Waals surface area (Å²) in [5, 5.41) is 8.43. The molecule has 7 nitrogen and oxygen atoms in total. The van der Waals surface area contributed by atoms with Gasteiger partial charge in [-0.25, -0.2) is 9.67 Å². The number of aromatic nitrogens is 5. The standard InChI is InChI=1S/C22H24N6.ClH.H2O/c1-14-10-16(22-24-13-21-19(27-22)8-9-23-21)11-20(26-14)18-12-25-28(15(18)2)17-6-4-3-5-7-17;;/h3-9,12-14,16,20,26H,10-11H2,1-2H3,(H,24,27);1H;1H2. The summed E-state index contributed by atoms with van der Waals surface area (Å²) in [6, 6.07) is 13.0. The fraction of sp³-hybridized carbons (Fsp3) is 0.318. The van der Waals surface area contributed by atoms with E-state index in [-0.39, 0.29) is 23.9 Å². The van der Waals surface area contributed by atoms with Crippen LogP contribution in [-0.4, -0.2) is 36.3 Å². The molecular formula is C22H27ClN6O. The third kappa shape index (κ3) is 3.96. The first kappa shape index (κ1) is 22.0. The zero-order chi connectivity index (χ0) is 19.1. The minimum atomic E-state index is 0. The van der Waals surface area contributed by atoms with Crippen LogP contribution in [0.3, 0.4) is 0 Å². The SMILES string of the molecule is Cc1c(C2CC(c3ncc4nccc-4[nH]3)CC(C)N2)cnn1-c1ccccc1.Cl.O. The van der Waals surface area contributed by atoms with Gasteiger partial charge in [-0.1, -0.05) is 18.2 Å². The topological polar surface area (TPSA) is 103 Å². The van der Waals surface area contributed by atoms with E-state index in [9.17, 15) is 0 Å². The molecule has 1 aromatic carbocycles. The number of nitrogens with one attached hydrogen (secondary N) is 2. The van der Waals surface area contributed by atoms with Crippen LogP contribution >= 0.6 is 12.4 Å². The third-order valence-electron chi connectivity index (χ3n) is 5.77.